The molecule has 0 aliphatic rings. The minimum absolute atomic E-state index is 0.500. The van der Waals surface area contributed by atoms with Crippen LogP contribution in [0.2, 0.25) is 0 Å². The van der Waals surface area contributed by atoms with Gasteiger partial charge in [-0.05, 0) is 33.5 Å². The third-order valence-electron chi connectivity index (χ3n) is 1.69. The number of hydrogen-bond donors (Lipinski definition) is 0. The molecule has 0 aliphatic heterocycles. The maximum atomic E-state index is 5.02. The van der Waals surface area contributed by atoms with Gasteiger partial charge in [-0.3, -0.25) is 0 Å². The van der Waals surface area contributed by atoms with E-state index in [4.69, 9.17) is 4.74 Å². The van der Waals surface area contributed by atoms with Gasteiger partial charge in [-0.25, -0.2) is 4.98 Å². The van der Waals surface area contributed by atoms with Crippen molar-refractivity contribution in [1.29, 1.82) is 0 Å². The molecule has 0 fully saturated rings. The van der Waals surface area contributed by atoms with Crippen molar-refractivity contribution >= 4 is 15.9 Å². The van der Waals surface area contributed by atoms with Crippen molar-refractivity contribution < 1.29 is 4.74 Å². The average molecular weight is 230 g/mol. The summed E-state index contributed by atoms with van der Waals surface area (Å²) in [6.45, 7) is 4.27. The second-order valence-electron chi connectivity index (χ2n) is 2.91. The lowest BCUT2D eigenvalue weighted by atomic mass is 10.1. The predicted octanol–water partition coefficient (Wildman–Crippen LogP) is 2.98. The second kappa shape index (κ2) is 3.90. The number of ether oxygens (including phenoxy) is 1. The fourth-order valence-electron chi connectivity index (χ4n) is 0.906. The summed E-state index contributed by atoms with van der Waals surface area (Å²) in [5.74, 6) is 1.14. The molecule has 0 aliphatic carbocycles. The summed E-state index contributed by atoms with van der Waals surface area (Å²) < 4.78 is 5.93. The third-order valence-corrected chi connectivity index (χ3v) is 2.26. The molecule has 1 aromatic rings. The van der Waals surface area contributed by atoms with Crippen molar-refractivity contribution in [2.24, 2.45) is 0 Å². The van der Waals surface area contributed by atoms with Crippen molar-refractivity contribution in [3.05, 3.63) is 22.3 Å². The van der Waals surface area contributed by atoms with E-state index in [0.29, 0.717) is 11.8 Å². The fraction of sp³-hybridized carbons (Fsp3) is 0.444. The van der Waals surface area contributed by atoms with E-state index >= 15 is 0 Å². The van der Waals surface area contributed by atoms with Crippen LogP contribution in [0.5, 0.6) is 5.88 Å². The third kappa shape index (κ3) is 1.97. The number of methoxy groups -OCH3 is 1. The number of halogens is 1. The molecule has 1 rings (SSSR count). The normalized spacial score (nSPS) is 10.4. The van der Waals surface area contributed by atoms with Crippen molar-refractivity contribution in [2.45, 2.75) is 19.8 Å². The van der Waals surface area contributed by atoms with E-state index < -0.39 is 0 Å². The Morgan fingerprint density at radius 1 is 1.50 bits per heavy atom. The van der Waals surface area contributed by atoms with Gasteiger partial charge in [0, 0.05) is 6.20 Å². The highest BCUT2D eigenvalue weighted by molar-refractivity contribution is 9.10. The minimum atomic E-state index is 0.500. The molecule has 0 spiro atoms. The molecule has 3 heteroatoms. The average Bonchev–Trinajstić information content (AvgIpc) is 2.04. The van der Waals surface area contributed by atoms with Crippen LogP contribution in [-0.4, -0.2) is 12.1 Å². The zero-order chi connectivity index (χ0) is 9.14. The van der Waals surface area contributed by atoms with Crippen LogP contribution in [0.1, 0.15) is 25.3 Å². The highest BCUT2D eigenvalue weighted by Crippen LogP contribution is 2.25. The smallest absolute Gasteiger partial charge is 0.227 e. The largest absolute Gasteiger partial charge is 0.480 e. The lowest BCUT2D eigenvalue weighted by molar-refractivity contribution is 0.394. The Balaban J connectivity index is 3.02. The van der Waals surface area contributed by atoms with Crippen molar-refractivity contribution in [2.75, 3.05) is 7.11 Å². The van der Waals surface area contributed by atoms with Crippen LogP contribution in [0, 0.1) is 0 Å². The highest BCUT2D eigenvalue weighted by Gasteiger charge is 2.04. The van der Waals surface area contributed by atoms with E-state index in [0.717, 1.165) is 4.47 Å². The van der Waals surface area contributed by atoms with Crippen LogP contribution in [0.15, 0.2) is 16.7 Å². The topological polar surface area (TPSA) is 22.1 Å². The number of nitrogens with zero attached hydrogens (tertiary/aromatic N) is 1. The van der Waals surface area contributed by atoms with Crippen LogP contribution in [-0.2, 0) is 0 Å². The van der Waals surface area contributed by atoms with Crippen LogP contribution in [0.3, 0.4) is 0 Å². The molecule has 0 bridgehead atoms. The van der Waals surface area contributed by atoms with E-state index in [2.05, 4.69) is 34.8 Å². The van der Waals surface area contributed by atoms with Gasteiger partial charge in [-0.15, -0.1) is 0 Å². The van der Waals surface area contributed by atoms with E-state index in [1.807, 2.05) is 12.3 Å². The Bertz CT molecular complexity index is 273. The molecule has 1 heterocycles. The minimum Gasteiger partial charge on any atom is -0.480 e. The van der Waals surface area contributed by atoms with E-state index in [-0.39, 0.29) is 0 Å². The van der Waals surface area contributed by atoms with Crippen LogP contribution < -0.4 is 4.74 Å². The molecule has 0 saturated carbocycles. The molecule has 1 aromatic heterocycles. The highest BCUT2D eigenvalue weighted by atomic mass is 79.9. The molecule has 0 unspecified atom stereocenters. The first kappa shape index (κ1) is 9.52. The van der Waals surface area contributed by atoms with Gasteiger partial charge >= 0.3 is 0 Å². The summed E-state index contributed by atoms with van der Waals surface area (Å²) >= 11 is 3.39. The summed E-state index contributed by atoms with van der Waals surface area (Å²) in [5, 5.41) is 0. The maximum absolute atomic E-state index is 5.02. The van der Waals surface area contributed by atoms with E-state index in [1.54, 1.807) is 7.11 Å². The number of pyridine rings is 1. The molecular formula is C9H12BrNO. The van der Waals surface area contributed by atoms with Gasteiger partial charge in [0.05, 0.1) is 11.6 Å². The van der Waals surface area contributed by atoms with Crippen LogP contribution in [0.4, 0.5) is 0 Å². The lowest BCUT2D eigenvalue weighted by Gasteiger charge is -2.07. The van der Waals surface area contributed by atoms with Crippen molar-refractivity contribution in [3.8, 4) is 5.88 Å². The molecule has 2 nitrogen and oxygen atoms in total. The van der Waals surface area contributed by atoms with Gasteiger partial charge < -0.3 is 4.74 Å². The van der Waals surface area contributed by atoms with Gasteiger partial charge in [0.1, 0.15) is 0 Å². The SMILES string of the molecule is COc1ncc(C(C)C)cc1Br. The van der Waals surface area contributed by atoms with Crippen molar-refractivity contribution in [1.82, 2.24) is 4.98 Å². The van der Waals surface area contributed by atoms with Gasteiger partial charge in [0.25, 0.3) is 0 Å². The van der Waals surface area contributed by atoms with Gasteiger partial charge in [-0.1, -0.05) is 13.8 Å². The molecule has 66 valence electrons. The summed E-state index contributed by atoms with van der Waals surface area (Å²) in [6.07, 6.45) is 1.84. The fourth-order valence-corrected chi connectivity index (χ4v) is 1.43. The first-order valence-electron chi connectivity index (χ1n) is 3.84. The molecular weight excluding hydrogens is 218 g/mol. The Kier molecular flexibility index (Phi) is 3.09. The van der Waals surface area contributed by atoms with Crippen LogP contribution >= 0.6 is 15.9 Å². The number of aromatic nitrogens is 1. The lowest BCUT2D eigenvalue weighted by Crippen LogP contribution is -1.93. The number of hydrogen-bond acceptors (Lipinski definition) is 2. The Labute approximate surface area is 81.1 Å². The molecule has 0 saturated heterocycles. The first-order chi connectivity index (χ1) is 5.65. The van der Waals surface area contributed by atoms with Gasteiger partial charge in [0.15, 0.2) is 0 Å². The first-order valence-corrected chi connectivity index (χ1v) is 4.64. The Morgan fingerprint density at radius 3 is 2.58 bits per heavy atom. The van der Waals surface area contributed by atoms with Gasteiger partial charge in [-0.2, -0.15) is 0 Å². The zero-order valence-corrected chi connectivity index (χ0v) is 9.05. The predicted molar refractivity (Wildman–Crippen MR) is 52.6 cm³/mol. The quantitative estimate of drug-likeness (QED) is 0.779. The molecule has 0 N–H and O–H groups in total. The van der Waals surface area contributed by atoms with Crippen molar-refractivity contribution in [3.63, 3.8) is 0 Å². The summed E-state index contributed by atoms with van der Waals surface area (Å²) in [5.41, 5.74) is 1.21. The second-order valence-corrected chi connectivity index (χ2v) is 3.77. The molecule has 0 aromatic carbocycles. The summed E-state index contributed by atoms with van der Waals surface area (Å²) in [7, 11) is 1.61. The van der Waals surface area contributed by atoms with E-state index in [1.165, 1.54) is 5.56 Å². The monoisotopic (exact) mass is 229 g/mol. The molecule has 12 heavy (non-hydrogen) atoms. The zero-order valence-electron chi connectivity index (χ0n) is 7.47. The van der Waals surface area contributed by atoms with Crippen LogP contribution in [0.25, 0.3) is 0 Å². The van der Waals surface area contributed by atoms with E-state index in [9.17, 15) is 0 Å². The standard InChI is InChI=1S/C9H12BrNO/c1-6(2)7-4-8(10)9(12-3)11-5-7/h4-6H,1-3H3. The molecule has 0 atom stereocenters. The number of rotatable bonds is 2. The molecule has 0 radical (unpaired) electrons. The molecule has 0 amide bonds. The Morgan fingerprint density at radius 2 is 2.17 bits per heavy atom. The maximum Gasteiger partial charge on any atom is 0.227 e. The van der Waals surface area contributed by atoms with Gasteiger partial charge in [0.2, 0.25) is 5.88 Å². The summed E-state index contributed by atoms with van der Waals surface area (Å²) in [6, 6.07) is 2.04. The Hall–Kier alpha value is -0.570. The summed E-state index contributed by atoms with van der Waals surface area (Å²) in [4.78, 5) is 4.15.